The number of Topliss-reactive ketones (excluding diaryl/α,β-unsaturated/α-hetero) is 1. The third kappa shape index (κ3) is 2.60. The maximum atomic E-state index is 12.2. The van der Waals surface area contributed by atoms with E-state index in [1.165, 1.54) is 31.2 Å². The van der Waals surface area contributed by atoms with Crippen molar-refractivity contribution in [2.75, 3.05) is 13.2 Å². The molecule has 0 saturated carbocycles. The Hall–Kier alpha value is -1.24. The van der Waals surface area contributed by atoms with Gasteiger partial charge in [0.1, 0.15) is 0 Å². The zero-order valence-corrected chi connectivity index (χ0v) is 10.9. The highest BCUT2D eigenvalue weighted by molar-refractivity contribution is 7.89. The van der Waals surface area contributed by atoms with Crippen molar-refractivity contribution in [1.29, 1.82) is 0 Å². The van der Waals surface area contributed by atoms with E-state index in [1.807, 2.05) is 0 Å². The van der Waals surface area contributed by atoms with Crippen LogP contribution in [0.5, 0.6) is 0 Å². The Balaban J connectivity index is 2.26. The third-order valence-corrected chi connectivity index (χ3v) is 4.49. The predicted molar refractivity (Wildman–Crippen MR) is 65.5 cm³/mol. The summed E-state index contributed by atoms with van der Waals surface area (Å²) in [6.45, 7) is 2.23. The van der Waals surface area contributed by atoms with Gasteiger partial charge in [-0.1, -0.05) is 16.6 Å². The first-order valence-electron chi connectivity index (χ1n) is 5.78. The van der Waals surface area contributed by atoms with Gasteiger partial charge in [0.05, 0.1) is 11.5 Å². The van der Waals surface area contributed by atoms with Gasteiger partial charge in [-0.15, -0.1) is 0 Å². The van der Waals surface area contributed by atoms with Crippen molar-refractivity contribution in [2.45, 2.75) is 24.7 Å². The largest absolute Gasteiger partial charge is 0.295 e. The Labute approximate surface area is 106 Å². The summed E-state index contributed by atoms with van der Waals surface area (Å²) in [7, 11) is -3.60. The topological polar surface area (TPSA) is 63.7 Å². The van der Waals surface area contributed by atoms with Crippen molar-refractivity contribution < 1.29 is 18.0 Å². The van der Waals surface area contributed by atoms with Crippen LogP contribution in [-0.4, -0.2) is 31.8 Å². The van der Waals surface area contributed by atoms with Crippen LogP contribution in [0.1, 0.15) is 30.1 Å². The van der Waals surface area contributed by atoms with Gasteiger partial charge in [0, 0.05) is 12.1 Å². The first kappa shape index (κ1) is 13.2. The molecule has 1 aliphatic heterocycles. The lowest BCUT2D eigenvalue weighted by Crippen LogP contribution is -2.35. The monoisotopic (exact) mass is 269 g/mol. The van der Waals surface area contributed by atoms with Gasteiger partial charge < -0.3 is 0 Å². The number of hydrogen-bond donors (Lipinski definition) is 0. The second-order valence-electron chi connectivity index (χ2n) is 4.15. The zero-order chi connectivity index (χ0) is 13.2. The normalized spacial score (nSPS) is 17.6. The zero-order valence-electron chi connectivity index (χ0n) is 10.1. The van der Waals surface area contributed by atoms with E-state index in [0.29, 0.717) is 18.7 Å². The fourth-order valence-electron chi connectivity index (χ4n) is 1.74. The summed E-state index contributed by atoms with van der Waals surface area (Å²) < 4.78 is 25.4. The van der Waals surface area contributed by atoms with Gasteiger partial charge in [-0.25, -0.2) is 8.42 Å². The molecule has 0 unspecified atom stereocenters. The van der Waals surface area contributed by atoms with Crippen molar-refractivity contribution in [2.24, 2.45) is 0 Å². The molecule has 0 aromatic heterocycles. The van der Waals surface area contributed by atoms with Crippen LogP contribution in [0.4, 0.5) is 0 Å². The lowest BCUT2D eigenvalue weighted by atomic mass is 10.2. The summed E-state index contributed by atoms with van der Waals surface area (Å²) in [5.74, 6) is -0.0897. The van der Waals surface area contributed by atoms with Crippen LogP contribution in [0, 0.1) is 0 Å². The molecule has 0 amide bonds. The maximum Gasteiger partial charge on any atom is 0.265 e. The Morgan fingerprint density at radius 1 is 1.22 bits per heavy atom. The van der Waals surface area contributed by atoms with Crippen LogP contribution >= 0.6 is 0 Å². The third-order valence-electron chi connectivity index (χ3n) is 2.80. The van der Waals surface area contributed by atoms with Gasteiger partial charge in [0.25, 0.3) is 10.0 Å². The maximum absolute atomic E-state index is 12.2. The Kier molecular flexibility index (Phi) is 3.79. The van der Waals surface area contributed by atoms with Crippen LogP contribution in [0.25, 0.3) is 0 Å². The molecular weight excluding hydrogens is 254 g/mol. The molecule has 1 fully saturated rings. The number of carbonyl (C=O) groups is 1. The van der Waals surface area contributed by atoms with Crippen molar-refractivity contribution in [3.05, 3.63) is 29.8 Å². The Bertz CT molecular complexity index is 530. The van der Waals surface area contributed by atoms with Gasteiger partial charge in [-0.3, -0.25) is 9.63 Å². The molecule has 0 bridgehead atoms. The van der Waals surface area contributed by atoms with E-state index >= 15 is 0 Å². The summed E-state index contributed by atoms with van der Waals surface area (Å²) in [6.07, 6.45) is 1.67. The van der Waals surface area contributed by atoms with E-state index in [4.69, 9.17) is 4.84 Å². The lowest BCUT2D eigenvalue weighted by Gasteiger charge is -2.25. The molecular formula is C12H15NO4S. The Morgan fingerprint density at radius 3 is 2.39 bits per heavy atom. The molecule has 0 aliphatic carbocycles. The minimum atomic E-state index is -3.60. The molecule has 1 heterocycles. The minimum Gasteiger partial charge on any atom is -0.295 e. The average Bonchev–Trinajstić information content (AvgIpc) is 2.40. The fourth-order valence-corrected chi connectivity index (χ4v) is 3.04. The van der Waals surface area contributed by atoms with Crippen LogP contribution < -0.4 is 0 Å². The van der Waals surface area contributed by atoms with Gasteiger partial charge in [0.15, 0.2) is 5.78 Å². The molecule has 1 aromatic carbocycles. The van der Waals surface area contributed by atoms with Gasteiger partial charge in [-0.2, -0.15) is 0 Å². The average molecular weight is 269 g/mol. The number of carbonyl (C=O) groups excluding carboxylic acids is 1. The number of rotatable bonds is 3. The highest BCUT2D eigenvalue weighted by Crippen LogP contribution is 2.20. The molecule has 1 aromatic rings. The molecule has 6 heteroatoms. The molecule has 1 aliphatic rings. The second kappa shape index (κ2) is 5.17. The molecule has 2 rings (SSSR count). The SMILES string of the molecule is CC(=O)c1ccc(S(=O)(=O)N2CCCCO2)cc1. The molecule has 18 heavy (non-hydrogen) atoms. The van der Waals surface area contributed by atoms with Crippen LogP contribution in [0.2, 0.25) is 0 Å². The predicted octanol–water partition coefficient (Wildman–Crippen LogP) is 1.61. The summed E-state index contributed by atoms with van der Waals surface area (Å²) in [6, 6.07) is 5.90. The number of hydrogen-bond acceptors (Lipinski definition) is 4. The minimum absolute atomic E-state index is 0.0897. The van der Waals surface area contributed by atoms with Crippen molar-refractivity contribution in [3.8, 4) is 0 Å². The summed E-state index contributed by atoms with van der Waals surface area (Å²) in [4.78, 5) is 16.4. The van der Waals surface area contributed by atoms with E-state index in [9.17, 15) is 13.2 Å². The Morgan fingerprint density at radius 2 is 1.89 bits per heavy atom. The standard InChI is InChI=1S/C12H15NO4S/c1-10(14)11-4-6-12(7-5-11)18(15,16)13-8-2-3-9-17-13/h4-7H,2-3,8-9H2,1H3. The van der Waals surface area contributed by atoms with Crippen LogP contribution in [0.15, 0.2) is 29.2 Å². The van der Waals surface area contributed by atoms with Gasteiger partial charge in [0.2, 0.25) is 0 Å². The van der Waals surface area contributed by atoms with Crippen molar-refractivity contribution >= 4 is 15.8 Å². The first-order valence-corrected chi connectivity index (χ1v) is 7.22. The molecule has 0 spiro atoms. The molecule has 0 atom stereocenters. The summed E-state index contributed by atoms with van der Waals surface area (Å²) in [5.41, 5.74) is 0.494. The lowest BCUT2D eigenvalue weighted by molar-refractivity contribution is -0.108. The number of benzene rings is 1. The second-order valence-corrected chi connectivity index (χ2v) is 5.98. The number of sulfonamides is 1. The highest BCUT2D eigenvalue weighted by atomic mass is 32.2. The molecule has 5 nitrogen and oxygen atoms in total. The van der Waals surface area contributed by atoms with E-state index < -0.39 is 10.0 Å². The van der Waals surface area contributed by atoms with Crippen molar-refractivity contribution in [1.82, 2.24) is 4.47 Å². The number of nitrogens with zero attached hydrogens (tertiary/aromatic N) is 1. The van der Waals surface area contributed by atoms with E-state index in [2.05, 4.69) is 0 Å². The highest BCUT2D eigenvalue weighted by Gasteiger charge is 2.27. The van der Waals surface area contributed by atoms with Gasteiger partial charge >= 0.3 is 0 Å². The summed E-state index contributed by atoms with van der Waals surface area (Å²) >= 11 is 0. The van der Waals surface area contributed by atoms with Crippen molar-refractivity contribution in [3.63, 3.8) is 0 Å². The molecule has 0 N–H and O–H groups in total. The van der Waals surface area contributed by atoms with E-state index in [0.717, 1.165) is 17.3 Å². The fraction of sp³-hybridized carbons (Fsp3) is 0.417. The smallest absolute Gasteiger partial charge is 0.265 e. The number of hydroxylamine groups is 1. The quantitative estimate of drug-likeness (QED) is 0.782. The van der Waals surface area contributed by atoms with Crippen LogP contribution in [0.3, 0.4) is 0 Å². The molecule has 0 radical (unpaired) electrons. The van der Waals surface area contributed by atoms with E-state index in [1.54, 1.807) is 0 Å². The van der Waals surface area contributed by atoms with E-state index in [-0.39, 0.29) is 10.7 Å². The summed E-state index contributed by atoms with van der Waals surface area (Å²) in [5, 5.41) is 0. The number of ketones is 1. The molecule has 1 saturated heterocycles. The molecule has 98 valence electrons. The van der Waals surface area contributed by atoms with Crippen LogP contribution in [-0.2, 0) is 14.9 Å². The van der Waals surface area contributed by atoms with Gasteiger partial charge in [-0.05, 0) is 31.9 Å². The first-order chi connectivity index (χ1) is 8.51.